The Morgan fingerprint density at radius 1 is 1.29 bits per heavy atom. The van der Waals surface area contributed by atoms with E-state index in [0.29, 0.717) is 6.42 Å². The van der Waals surface area contributed by atoms with Gasteiger partial charge >= 0.3 is 0 Å². The van der Waals surface area contributed by atoms with Crippen molar-refractivity contribution in [1.29, 1.82) is 0 Å². The number of benzene rings is 1. The Labute approximate surface area is 135 Å². The van der Waals surface area contributed by atoms with Crippen molar-refractivity contribution in [2.45, 2.75) is 25.7 Å². The molecular formula is C15H19Cl2N3O. The number of hydrogen-bond donors (Lipinski definition) is 1. The van der Waals surface area contributed by atoms with Crippen molar-refractivity contribution in [1.82, 2.24) is 15.5 Å². The normalized spacial score (nSPS) is 17.7. The molecule has 3 rings (SSSR count). The number of hydrogen-bond acceptors (Lipinski definition) is 4. The summed E-state index contributed by atoms with van der Waals surface area (Å²) < 4.78 is 5.31. The molecular weight excluding hydrogens is 309 g/mol. The number of aromatic nitrogens is 2. The summed E-state index contributed by atoms with van der Waals surface area (Å²) in [4.78, 5) is 4.46. The minimum absolute atomic E-state index is 0. The summed E-state index contributed by atoms with van der Waals surface area (Å²) >= 11 is 5.87. The van der Waals surface area contributed by atoms with Gasteiger partial charge in [-0.3, -0.25) is 0 Å². The van der Waals surface area contributed by atoms with E-state index in [2.05, 4.69) is 15.5 Å². The van der Waals surface area contributed by atoms with E-state index in [0.717, 1.165) is 54.2 Å². The van der Waals surface area contributed by atoms with Gasteiger partial charge in [0, 0.05) is 17.9 Å². The first kappa shape index (κ1) is 16.3. The molecule has 6 heteroatoms. The molecule has 0 amide bonds. The molecule has 1 aliphatic rings. The van der Waals surface area contributed by atoms with Crippen LogP contribution in [0.4, 0.5) is 0 Å². The van der Waals surface area contributed by atoms with Gasteiger partial charge in [-0.1, -0.05) is 28.9 Å². The Balaban J connectivity index is 0.00000161. The van der Waals surface area contributed by atoms with E-state index in [1.807, 2.05) is 24.3 Å². The van der Waals surface area contributed by atoms with Crippen molar-refractivity contribution in [3.05, 3.63) is 46.6 Å². The maximum Gasteiger partial charge on any atom is 0.226 e. The van der Waals surface area contributed by atoms with Crippen LogP contribution >= 0.6 is 24.0 Å². The van der Waals surface area contributed by atoms with Crippen LogP contribution in [0.5, 0.6) is 0 Å². The van der Waals surface area contributed by atoms with Crippen LogP contribution in [-0.4, -0.2) is 23.2 Å². The summed E-state index contributed by atoms with van der Waals surface area (Å²) in [5.41, 5.74) is 1.14. The van der Waals surface area contributed by atoms with E-state index in [-0.39, 0.29) is 12.4 Å². The molecule has 1 saturated heterocycles. The van der Waals surface area contributed by atoms with E-state index < -0.39 is 0 Å². The number of nitrogens with zero attached hydrogens (tertiary/aromatic N) is 2. The number of rotatable bonds is 5. The summed E-state index contributed by atoms with van der Waals surface area (Å²) in [6.07, 6.45) is 3.94. The van der Waals surface area contributed by atoms with Crippen molar-refractivity contribution in [2.75, 3.05) is 13.1 Å². The van der Waals surface area contributed by atoms with Gasteiger partial charge in [0.25, 0.3) is 0 Å². The third-order valence-corrected chi connectivity index (χ3v) is 3.97. The predicted octanol–water partition coefficient (Wildman–Crippen LogP) is 3.28. The zero-order valence-electron chi connectivity index (χ0n) is 11.7. The lowest BCUT2D eigenvalue weighted by Crippen LogP contribution is -2.09. The van der Waals surface area contributed by atoms with Crippen LogP contribution in [0, 0.1) is 5.92 Å². The summed E-state index contributed by atoms with van der Waals surface area (Å²) in [6.45, 7) is 2.25. The second-order valence-electron chi connectivity index (χ2n) is 5.31. The molecule has 1 unspecified atom stereocenters. The molecule has 4 nitrogen and oxygen atoms in total. The highest BCUT2D eigenvalue weighted by molar-refractivity contribution is 6.30. The second kappa shape index (κ2) is 7.78. The molecule has 1 N–H and O–H groups in total. The van der Waals surface area contributed by atoms with Gasteiger partial charge in [-0.25, -0.2) is 0 Å². The van der Waals surface area contributed by atoms with Crippen molar-refractivity contribution >= 4 is 24.0 Å². The van der Waals surface area contributed by atoms with Crippen molar-refractivity contribution in [2.24, 2.45) is 5.92 Å². The Morgan fingerprint density at radius 3 is 2.81 bits per heavy atom. The minimum atomic E-state index is 0. The fraction of sp³-hybridized carbons (Fsp3) is 0.467. The van der Waals surface area contributed by atoms with E-state index in [9.17, 15) is 0 Å². The standard InChI is InChI=1S/C15H18ClN3O.ClH/c16-13-4-1-11(2-5-13)9-14-18-15(20-19-14)6-3-12-7-8-17-10-12;/h1-2,4-5,12,17H,3,6-10H2;1H. The first-order valence-electron chi connectivity index (χ1n) is 7.06. The highest BCUT2D eigenvalue weighted by Crippen LogP contribution is 2.16. The zero-order valence-corrected chi connectivity index (χ0v) is 13.3. The molecule has 1 atom stereocenters. The van der Waals surface area contributed by atoms with Gasteiger partial charge in [0.2, 0.25) is 5.89 Å². The molecule has 0 bridgehead atoms. The van der Waals surface area contributed by atoms with Crippen LogP contribution in [0.3, 0.4) is 0 Å². The molecule has 21 heavy (non-hydrogen) atoms. The Morgan fingerprint density at radius 2 is 2.10 bits per heavy atom. The van der Waals surface area contributed by atoms with Crippen LogP contribution < -0.4 is 5.32 Å². The fourth-order valence-corrected chi connectivity index (χ4v) is 2.66. The quantitative estimate of drug-likeness (QED) is 0.915. The number of halogens is 2. The molecule has 0 saturated carbocycles. The van der Waals surface area contributed by atoms with E-state index in [1.54, 1.807) is 0 Å². The van der Waals surface area contributed by atoms with Crippen molar-refractivity contribution in [3.63, 3.8) is 0 Å². The minimum Gasteiger partial charge on any atom is -0.339 e. The first-order chi connectivity index (χ1) is 9.79. The van der Waals surface area contributed by atoms with Gasteiger partial charge in [0.1, 0.15) is 0 Å². The largest absolute Gasteiger partial charge is 0.339 e. The lowest BCUT2D eigenvalue weighted by Gasteiger charge is -2.03. The molecule has 114 valence electrons. The van der Waals surface area contributed by atoms with Gasteiger partial charge in [0.05, 0.1) is 0 Å². The second-order valence-corrected chi connectivity index (χ2v) is 5.74. The van der Waals surface area contributed by atoms with Crippen molar-refractivity contribution < 1.29 is 4.52 Å². The topological polar surface area (TPSA) is 51.0 Å². The first-order valence-corrected chi connectivity index (χ1v) is 7.44. The number of aryl methyl sites for hydroxylation is 1. The van der Waals surface area contributed by atoms with Gasteiger partial charge in [-0.15, -0.1) is 12.4 Å². The molecule has 0 spiro atoms. The molecule has 2 heterocycles. The van der Waals surface area contributed by atoms with Gasteiger partial charge in [-0.2, -0.15) is 4.98 Å². The zero-order chi connectivity index (χ0) is 13.8. The van der Waals surface area contributed by atoms with Crippen LogP contribution in [0.25, 0.3) is 0 Å². The Hall–Kier alpha value is -1.10. The summed E-state index contributed by atoms with van der Waals surface area (Å²) in [5, 5.41) is 8.16. The molecule has 1 aromatic heterocycles. The number of nitrogens with one attached hydrogen (secondary N) is 1. The maximum absolute atomic E-state index is 5.87. The molecule has 2 aromatic rings. The summed E-state index contributed by atoms with van der Waals surface area (Å²) in [7, 11) is 0. The van der Waals surface area contributed by atoms with Crippen LogP contribution in [0.2, 0.25) is 5.02 Å². The monoisotopic (exact) mass is 327 g/mol. The molecule has 0 aliphatic carbocycles. The van der Waals surface area contributed by atoms with Gasteiger partial charge < -0.3 is 9.84 Å². The van der Waals surface area contributed by atoms with E-state index in [4.69, 9.17) is 16.1 Å². The third-order valence-electron chi connectivity index (χ3n) is 3.71. The Kier molecular flexibility index (Phi) is 6.03. The summed E-state index contributed by atoms with van der Waals surface area (Å²) in [5.74, 6) is 2.24. The lowest BCUT2D eigenvalue weighted by molar-refractivity contribution is 0.361. The molecule has 1 fully saturated rings. The van der Waals surface area contributed by atoms with Crippen LogP contribution in [-0.2, 0) is 12.8 Å². The van der Waals surface area contributed by atoms with Crippen LogP contribution in [0.1, 0.15) is 30.1 Å². The average Bonchev–Trinajstić information content (AvgIpc) is 3.10. The SMILES string of the molecule is Cl.Clc1ccc(Cc2noc(CCC3CCNC3)n2)cc1. The van der Waals surface area contributed by atoms with Gasteiger partial charge in [-0.05, 0) is 49.5 Å². The highest BCUT2D eigenvalue weighted by Gasteiger charge is 2.16. The smallest absolute Gasteiger partial charge is 0.226 e. The molecule has 1 aliphatic heterocycles. The van der Waals surface area contributed by atoms with Gasteiger partial charge in [0.15, 0.2) is 5.82 Å². The van der Waals surface area contributed by atoms with E-state index >= 15 is 0 Å². The summed E-state index contributed by atoms with van der Waals surface area (Å²) in [6, 6.07) is 7.74. The molecule has 0 radical (unpaired) electrons. The highest BCUT2D eigenvalue weighted by atomic mass is 35.5. The van der Waals surface area contributed by atoms with Crippen LogP contribution in [0.15, 0.2) is 28.8 Å². The Bertz CT molecular complexity index is 550. The third kappa shape index (κ3) is 4.70. The van der Waals surface area contributed by atoms with Crippen molar-refractivity contribution in [3.8, 4) is 0 Å². The van der Waals surface area contributed by atoms with E-state index in [1.165, 1.54) is 6.42 Å². The average molecular weight is 328 g/mol. The predicted molar refractivity (Wildman–Crippen MR) is 85.1 cm³/mol. The maximum atomic E-state index is 5.87. The molecule has 1 aromatic carbocycles. The lowest BCUT2D eigenvalue weighted by atomic mass is 10.0. The fourth-order valence-electron chi connectivity index (χ4n) is 2.54.